The van der Waals surface area contributed by atoms with E-state index in [-0.39, 0.29) is 18.4 Å². The van der Waals surface area contributed by atoms with Crippen molar-refractivity contribution < 1.29 is 19.1 Å². The number of carboxylic acids is 1. The minimum atomic E-state index is -0.872. The molecule has 24 heavy (non-hydrogen) atoms. The van der Waals surface area contributed by atoms with E-state index in [1.165, 1.54) is 11.3 Å². The summed E-state index contributed by atoms with van der Waals surface area (Å²) in [6.07, 6.45) is 2.04. The van der Waals surface area contributed by atoms with E-state index in [9.17, 15) is 14.7 Å². The van der Waals surface area contributed by atoms with Crippen molar-refractivity contribution in [2.45, 2.75) is 27.2 Å². The molecule has 7 heteroatoms. The summed E-state index contributed by atoms with van der Waals surface area (Å²) in [5, 5.41) is 10.3. The summed E-state index contributed by atoms with van der Waals surface area (Å²) in [6, 6.07) is 3.58. The predicted molar refractivity (Wildman–Crippen MR) is 90.0 cm³/mol. The number of carbonyl (C=O) groups is 2. The molecule has 0 saturated carbocycles. The first-order valence-electron chi connectivity index (χ1n) is 7.89. The highest BCUT2D eigenvalue weighted by atomic mass is 32.1. The first-order valence-corrected chi connectivity index (χ1v) is 8.71. The second-order valence-corrected chi connectivity index (χ2v) is 7.70. The highest BCUT2D eigenvalue weighted by Crippen LogP contribution is 2.39. The number of amides is 1. The molecule has 1 fully saturated rings. The molecule has 3 rings (SSSR count). The van der Waals surface area contributed by atoms with E-state index >= 15 is 0 Å². The maximum Gasteiger partial charge on any atom is 0.311 e. The number of carbonyl (C=O) groups excluding carboxylic acids is 1. The van der Waals surface area contributed by atoms with Gasteiger partial charge in [0.05, 0.1) is 11.7 Å². The third-order valence-corrected chi connectivity index (χ3v) is 5.84. The molecule has 6 nitrogen and oxygen atoms in total. The largest absolute Gasteiger partial charge is 0.481 e. The smallest absolute Gasteiger partial charge is 0.311 e. The number of rotatable bonds is 4. The van der Waals surface area contributed by atoms with E-state index in [0.717, 1.165) is 4.88 Å². The molecule has 1 aliphatic rings. The lowest BCUT2D eigenvalue weighted by Gasteiger charge is -2.28. The van der Waals surface area contributed by atoms with Crippen molar-refractivity contribution in [3.8, 4) is 10.8 Å². The molecule has 1 amide bonds. The van der Waals surface area contributed by atoms with Crippen LogP contribution in [-0.2, 0) is 4.79 Å². The SMILES string of the molecule is Cc1sc(-c2ccco2)nc1C(=O)N1CCC(C(=O)O)(C(C)C)C1. The van der Waals surface area contributed by atoms with Gasteiger partial charge in [-0.15, -0.1) is 11.3 Å². The van der Waals surface area contributed by atoms with Gasteiger partial charge in [0.25, 0.3) is 5.91 Å². The fourth-order valence-electron chi connectivity index (χ4n) is 3.15. The van der Waals surface area contributed by atoms with Crippen LogP contribution in [0.5, 0.6) is 0 Å². The van der Waals surface area contributed by atoms with Crippen LogP contribution in [0.2, 0.25) is 0 Å². The van der Waals surface area contributed by atoms with Crippen molar-refractivity contribution in [1.29, 1.82) is 0 Å². The third kappa shape index (κ3) is 2.62. The summed E-state index contributed by atoms with van der Waals surface area (Å²) in [5.74, 6) is -0.446. The molecule has 1 aliphatic heterocycles. The standard InChI is InChI=1S/C17H20N2O4S/c1-10(2)17(16(21)22)6-7-19(9-17)15(20)13-11(3)24-14(18-13)12-5-4-8-23-12/h4-5,8,10H,6-7,9H2,1-3H3,(H,21,22). The second kappa shape index (κ2) is 6.05. The molecule has 2 aromatic heterocycles. The Balaban J connectivity index is 1.85. The Kier molecular flexibility index (Phi) is 4.21. The molecular formula is C17H20N2O4S. The fourth-order valence-corrected chi connectivity index (χ4v) is 4.02. The van der Waals surface area contributed by atoms with E-state index < -0.39 is 11.4 Å². The van der Waals surface area contributed by atoms with Gasteiger partial charge in [0.15, 0.2) is 10.8 Å². The van der Waals surface area contributed by atoms with Crippen LogP contribution >= 0.6 is 11.3 Å². The zero-order valence-electron chi connectivity index (χ0n) is 13.9. The van der Waals surface area contributed by atoms with Gasteiger partial charge < -0.3 is 14.4 Å². The molecule has 0 aromatic carbocycles. The summed E-state index contributed by atoms with van der Waals surface area (Å²) in [4.78, 5) is 31.4. The number of hydrogen-bond donors (Lipinski definition) is 1. The monoisotopic (exact) mass is 348 g/mol. The molecule has 0 bridgehead atoms. The summed E-state index contributed by atoms with van der Waals surface area (Å²) in [7, 11) is 0. The van der Waals surface area contributed by atoms with Gasteiger partial charge in [-0.25, -0.2) is 4.98 Å². The molecule has 1 unspecified atom stereocenters. The molecule has 0 aliphatic carbocycles. The van der Waals surface area contributed by atoms with Crippen LogP contribution in [0.15, 0.2) is 22.8 Å². The molecule has 3 heterocycles. The Bertz CT molecular complexity index is 766. The van der Waals surface area contributed by atoms with Crippen molar-refractivity contribution in [3.05, 3.63) is 29.0 Å². The normalized spacial score (nSPS) is 20.8. The summed E-state index contributed by atoms with van der Waals surface area (Å²) >= 11 is 1.40. The zero-order valence-corrected chi connectivity index (χ0v) is 14.7. The van der Waals surface area contributed by atoms with Crippen LogP contribution in [0.4, 0.5) is 0 Å². The number of hydrogen-bond acceptors (Lipinski definition) is 5. The van der Waals surface area contributed by atoms with Crippen molar-refractivity contribution in [3.63, 3.8) is 0 Å². The van der Waals surface area contributed by atoms with Gasteiger partial charge >= 0.3 is 5.97 Å². The lowest BCUT2D eigenvalue weighted by atomic mass is 9.76. The zero-order chi connectivity index (χ0) is 17.5. The summed E-state index contributed by atoms with van der Waals surface area (Å²) in [5.41, 5.74) is -0.486. The quantitative estimate of drug-likeness (QED) is 0.916. The molecule has 0 spiro atoms. The van der Waals surface area contributed by atoms with E-state index in [4.69, 9.17) is 4.42 Å². The Labute approximate surface area is 144 Å². The van der Waals surface area contributed by atoms with Crippen LogP contribution in [0.25, 0.3) is 10.8 Å². The predicted octanol–water partition coefficient (Wildman–Crippen LogP) is 3.28. The summed E-state index contributed by atoms with van der Waals surface area (Å²) in [6.45, 7) is 6.30. The molecule has 1 N–H and O–H groups in total. The maximum absolute atomic E-state index is 12.8. The fraction of sp³-hybridized carbons (Fsp3) is 0.471. The minimum absolute atomic E-state index is 0.0389. The molecule has 1 atom stereocenters. The van der Waals surface area contributed by atoms with Crippen LogP contribution in [0.1, 0.15) is 35.6 Å². The van der Waals surface area contributed by atoms with Gasteiger partial charge in [0.1, 0.15) is 5.69 Å². The van der Waals surface area contributed by atoms with Crippen LogP contribution in [-0.4, -0.2) is 40.0 Å². The maximum atomic E-state index is 12.8. The molecule has 128 valence electrons. The molecule has 2 aromatic rings. The Morgan fingerprint density at radius 2 is 2.21 bits per heavy atom. The van der Waals surface area contributed by atoms with Crippen LogP contribution in [0, 0.1) is 18.3 Å². The van der Waals surface area contributed by atoms with Crippen molar-refractivity contribution in [2.75, 3.05) is 13.1 Å². The number of carboxylic acid groups (broad SMARTS) is 1. The van der Waals surface area contributed by atoms with Gasteiger partial charge in [-0.2, -0.15) is 0 Å². The molecule has 0 radical (unpaired) electrons. The first-order chi connectivity index (χ1) is 11.3. The average molecular weight is 348 g/mol. The Hall–Kier alpha value is -2.15. The lowest BCUT2D eigenvalue weighted by molar-refractivity contribution is -0.150. The van der Waals surface area contributed by atoms with Crippen LogP contribution in [0.3, 0.4) is 0 Å². The number of aryl methyl sites for hydroxylation is 1. The highest BCUT2D eigenvalue weighted by molar-refractivity contribution is 7.15. The third-order valence-electron chi connectivity index (χ3n) is 4.85. The number of aliphatic carboxylic acids is 1. The van der Waals surface area contributed by atoms with E-state index in [1.54, 1.807) is 23.3 Å². The van der Waals surface area contributed by atoms with Crippen molar-refractivity contribution in [2.24, 2.45) is 11.3 Å². The molecule has 1 saturated heterocycles. The topological polar surface area (TPSA) is 83.6 Å². The van der Waals surface area contributed by atoms with E-state index in [2.05, 4.69) is 4.98 Å². The highest BCUT2D eigenvalue weighted by Gasteiger charge is 2.48. The lowest BCUT2D eigenvalue weighted by Crippen LogP contribution is -2.40. The van der Waals surface area contributed by atoms with E-state index in [0.29, 0.717) is 29.4 Å². The minimum Gasteiger partial charge on any atom is -0.481 e. The van der Waals surface area contributed by atoms with Gasteiger partial charge in [-0.05, 0) is 31.4 Å². The number of furan rings is 1. The summed E-state index contributed by atoms with van der Waals surface area (Å²) < 4.78 is 5.33. The van der Waals surface area contributed by atoms with Gasteiger partial charge in [-0.1, -0.05) is 13.8 Å². The van der Waals surface area contributed by atoms with E-state index in [1.807, 2.05) is 20.8 Å². The van der Waals surface area contributed by atoms with Gasteiger partial charge in [0.2, 0.25) is 0 Å². The van der Waals surface area contributed by atoms with Gasteiger partial charge in [0, 0.05) is 18.0 Å². The van der Waals surface area contributed by atoms with Gasteiger partial charge in [-0.3, -0.25) is 9.59 Å². The number of likely N-dealkylation sites (tertiary alicyclic amines) is 1. The number of nitrogens with zero attached hydrogens (tertiary/aromatic N) is 2. The average Bonchev–Trinajstić information content (AvgIpc) is 3.25. The number of aromatic nitrogens is 1. The Morgan fingerprint density at radius 1 is 1.46 bits per heavy atom. The van der Waals surface area contributed by atoms with Crippen molar-refractivity contribution >= 4 is 23.2 Å². The Morgan fingerprint density at radius 3 is 2.75 bits per heavy atom. The number of thiazole rings is 1. The van der Waals surface area contributed by atoms with Crippen molar-refractivity contribution in [1.82, 2.24) is 9.88 Å². The second-order valence-electron chi connectivity index (χ2n) is 6.49. The van der Waals surface area contributed by atoms with Crippen LogP contribution < -0.4 is 0 Å². The first kappa shape index (κ1) is 16.7. The molecular weight excluding hydrogens is 328 g/mol.